The number of aryl methyl sites for hydroxylation is 1. The normalized spacial score (nSPS) is 10.2. The molecule has 0 bridgehead atoms. The lowest BCUT2D eigenvalue weighted by molar-refractivity contribution is 0.0926. The minimum Gasteiger partial charge on any atom is -0.496 e. The third-order valence-corrected chi connectivity index (χ3v) is 2.86. The van der Waals surface area contributed by atoms with Gasteiger partial charge in [-0.15, -0.1) is 0 Å². The Kier molecular flexibility index (Phi) is 4.23. The van der Waals surface area contributed by atoms with E-state index in [-0.39, 0.29) is 5.91 Å². The Morgan fingerprint density at radius 1 is 1.37 bits per heavy atom. The van der Waals surface area contributed by atoms with Gasteiger partial charge in [-0.25, -0.2) is 0 Å². The van der Waals surface area contributed by atoms with E-state index >= 15 is 0 Å². The van der Waals surface area contributed by atoms with Gasteiger partial charge >= 0.3 is 0 Å². The molecule has 0 atom stereocenters. The number of benzene rings is 1. The van der Waals surface area contributed by atoms with Crippen LogP contribution in [0, 0.1) is 6.92 Å². The molecule has 0 fully saturated rings. The molecule has 0 unspecified atom stereocenters. The highest BCUT2D eigenvalue weighted by Crippen LogP contribution is 2.19. The zero-order valence-corrected chi connectivity index (χ0v) is 11.1. The number of carbonyl (C=O) groups excluding carboxylic acids is 1. The van der Waals surface area contributed by atoms with Crippen molar-refractivity contribution in [2.75, 3.05) is 13.7 Å². The van der Waals surface area contributed by atoms with Crippen LogP contribution in [-0.4, -0.2) is 19.6 Å². The fraction of sp³-hybridized carbons (Fsp3) is 0.267. The number of nitrogens with one attached hydrogen (secondary N) is 1. The van der Waals surface area contributed by atoms with Crippen molar-refractivity contribution in [1.29, 1.82) is 0 Å². The van der Waals surface area contributed by atoms with Gasteiger partial charge in [-0.05, 0) is 37.1 Å². The standard InChI is InChI=1S/C15H17NO3/c1-11-5-6-13(18-2)12(10-11)7-8-16-15(17)14-4-3-9-19-14/h3-6,9-10H,7-8H2,1-2H3,(H,16,17). The fourth-order valence-corrected chi connectivity index (χ4v) is 1.91. The summed E-state index contributed by atoms with van der Waals surface area (Å²) in [5, 5.41) is 2.82. The number of rotatable bonds is 5. The Labute approximate surface area is 112 Å². The van der Waals surface area contributed by atoms with Crippen molar-refractivity contribution in [2.45, 2.75) is 13.3 Å². The number of carbonyl (C=O) groups is 1. The largest absolute Gasteiger partial charge is 0.496 e. The molecular formula is C15H17NO3. The van der Waals surface area contributed by atoms with Gasteiger partial charge < -0.3 is 14.5 Å². The van der Waals surface area contributed by atoms with Crippen LogP contribution in [0.15, 0.2) is 41.0 Å². The van der Waals surface area contributed by atoms with Crippen molar-refractivity contribution in [3.8, 4) is 5.75 Å². The van der Waals surface area contributed by atoms with Crippen LogP contribution in [0.1, 0.15) is 21.7 Å². The average Bonchev–Trinajstić information content (AvgIpc) is 2.93. The number of amides is 1. The van der Waals surface area contributed by atoms with Crippen molar-refractivity contribution in [2.24, 2.45) is 0 Å². The summed E-state index contributed by atoms with van der Waals surface area (Å²) >= 11 is 0. The van der Waals surface area contributed by atoms with Gasteiger partial charge in [-0.3, -0.25) is 4.79 Å². The molecule has 0 aliphatic carbocycles. The molecule has 1 amide bonds. The maximum absolute atomic E-state index is 11.7. The Morgan fingerprint density at radius 3 is 2.89 bits per heavy atom. The second kappa shape index (κ2) is 6.09. The van der Waals surface area contributed by atoms with Crippen molar-refractivity contribution in [1.82, 2.24) is 5.32 Å². The summed E-state index contributed by atoms with van der Waals surface area (Å²) in [6, 6.07) is 9.35. The molecule has 2 rings (SSSR count). The van der Waals surface area contributed by atoms with Gasteiger partial charge in [0.1, 0.15) is 5.75 Å². The minimum absolute atomic E-state index is 0.198. The number of furan rings is 1. The monoisotopic (exact) mass is 259 g/mol. The molecule has 100 valence electrons. The molecule has 19 heavy (non-hydrogen) atoms. The number of hydrogen-bond acceptors (Lipinski definition) is 3. The summed E-state index contributed by atoms with van der Waals surface area (Å²) in [7, 11) is 1.65. The van der Waals surface area contributed by atoms with Crippen LogP contribution < -0.4 is 10.1 Å². The molecule has 4 heteroatoms. The van der Waals surface area contributed by atoms with Crippen LogP contribution in [-0.2, 0) is 6.42 Å². The second-order valence-corrected chi connectivity index (χ2v) is 4.30. The third-order valence-electron chi connectivity index (χ3n) is 2.86. The van der Waals surface area contributed by atoms with E-state index in [9.17, 15) is 4.79 Å². The Balaban J connectivity index is 1.92. The van der Waals surface area contributed by atoms with Crippen molar-refractivity contribution in [3.05, 3.63) is 53.5 Å². The summed E-state index contributed by atoms with van der Waals surface area (Å²) < 4.78 is 10.3. The summed E-state index contributed by atoms with van der Waals surface area (Å²) in [4.78, 5) is 11.7. The van der Waals surface area contributed by atoms with Gasteiger partial charge in [-0.1, -0.05) is 17.7 Å². The van der Waals surface area contributed by atoms with Crippen molar-refractivity contribution < 1.29 is 13.9 Å². The summed E-state index contributed by atoms with van der Waals surface area (Å²) in [5.41, 5.74) is 2.26. The average molecular weight is 259 g/mol. The predicted molar refractivity (Wildman–Crippen MR) is 72.5 cm³/mol. The first kappa shape index (κ1) is 13.2. The molecule has 0 spiro atoms. The Bertz CT molecular complexity index is 547. The minimum atomic E-state index is -0.198. The fourth-order valence-electron chi connectivity index (χ4n) is 1.91. The number of hydrogen-bond donors (Lipinski definition) is 1. The van der Waals surface area contributed by atoms with Gasteiger partial charge in [-0.2, -0.15) is 0 Å². The maximum Gasteiger partial charge on any atom is 0.286 e. The molecule has 1 aromatic carbocycles. The first-order chi connectivity index (χ1) is 9.20. The van der Waals surface area contributed by atoms with Gasteiger partial charge in [0.2, 0.25) is 0 Å². The van der Waals surface area contributed by atoms with Crippen molar-refractivity contribution in [3.63, 3.8) is 0 Å². The van der Waals surface area contributed by atoms with Gasteiger partial charge in [0.25, 0.3) is 5.91 Å². The highest BCUT2D eigenvalue weighted by atomic mass is 16.5. The Morgan fingerprint density at radius 2 is 2.21 bits per heavy atom. The van der Waals surface area contributed by atoms with E-state index in [2.05, 4.69) is 11.4 Å². The van der Waals surface area contributed by atoms with E-state index in [4.69, 9.17) is 9.15 Å². The summed E-state index contributed by atoms with van der Waals surface area (Å²) in [6.45, 7) is 2.57. The summed E-state index contributed by atoms with van der Waals surface area (Å²) in [6.07, 6.45) is 2.20. The van der Waals surface area contributed by atoms with Crippen LogP contribution in [0.3, 0.4) is 0 Å². The Hall–Kier alpha value is -2.23. The van der Waals surface area contributed by atoms with Crippen LogP contribution in [0.4, 0.5) is 0 Å². The van der Waals surface area contributed by atoms with E-state index in [0.717, 1.165) is 17.7 Å². The molecule has 0 saturated heterocycles. The van der Waals surface area contributed by atoms with Crippen LogP contribution in [0.5, 0.6) is 5.75 Å². The highest BCUT2D eigenvalue weighted by Gasteiger charge is 2.08. The molecule has 1 aromatic heterocycles. The molecule has 0 saturated carbocycles. The quantitative estimate of drug-likeness (QED) is 0.897. The molecule has 0 radical (unpaired) electrons. The number of ether oxygens (including phenoxy) is 1. The molecule has 1 heterocycles. The van der Waals surface area contributed by atoms with Gasteiger partial charge in [0, 0.05) is 6.54 Å². The van der Waals surface area contributed by atoms with Crippen LogP contribution in [0.25, 0.3) is 0 Å². The molecule has 0 aliphatic heterocycles. The van der Waals surface area contributed by atoms with Gasteiger partial charge in [0.05, 0.1) is 13.4 Å². The van der Waals surface area contributed by atoms with Gasteiger partial charge in [0.15, 0.2) is 5.76 Å². The van der Waals surface area contributed by atoms with Crippen LogP contribution >= 0.6 is 0 Å². The third kappa shape index (κ3) is 3.37. The summed E-state index contributed by atoms with van der Waals surface area (Å²) in [5.74, 6) is 0.977. The second-order valence-electron chi connectivity index (χ2n) is 4.30. The first-order valence-electron chi connectivity index (χ1n) is 6.16. The lowest BCUT2D eigenvalue weighted by atomic mass is 10.1. The predicted octanol–water partition coefficient (Wildman–Crippen LogP) is 2.57. The maximum atomic E-state index is 11.7. The molecule has 0 aliphatic rings. The SMILES string of the molecule is COc1ccc(C)cc1CCNC(=O)c1ccco1. The van der Waals surface area contributed by atoms with Crippen LogP contribution in [0.2, 0.25) is 0 Å². The van der Waals surface area contributed by atoms with Crippen molar-refractivity contribution >= 4 is 5.91 Å². The molecule has 2 aromatic rings. The zero-order valence-electron chi connectivity index (χ0n) is 11.1. The lowest BCUT2D eigenvalue weighted by Gasteiger charge is -2.09. The first-order valence-corrected chi connectivity index (χ1v) is 6.16. The lowest BCUT2D eigenvalue weighted by Crippen LogP contribution is -2.25. The molecular weight excluding hydrogens is 242 g/mol. The topological polar surface area (TPSA) is 51.5 Å². The molecule has 1 N–H and O–H groups in total. The van der Waals surface area contributed by atoms with E-state index in [1.54, 1.807) is 19.2 Å². The van der Waals surface area contributed by atoms with E-state index < -0.39 is 0 Å². The smallest absolute Gasteiger partial charge is 0.286 e. The van der Waals surface area contributed by atoms with E-state index in [1.807, 2.05) is 19.1 Å². The number of methoxy groups -OCH3 is 1. The highest BCUT2D eigenvalue weighted by molar-refractivity contribution is 5.91. The van der Waals surface area contributed by atoms with E-state index in [1.165, 1.54) is 11.8 Å². The van der Waals surface area contributed by atoms with E-state index in [0.29, 0.717) is 12.3 Å². The molecule has 4 nitrogen and oxygen atoms in total. The zero-order chi connectivity index (χ0) is 13.7.